The van der Waals surface area contributed by atoms with Crippen LogP contribution >= 0.6 is 0 Å². The van der Waals surface area contributed by atoms with Gasteiger partial charge in [0.1, 0.15) is 0 Å². The summed E-state index contributed by atoms with van der Waals surface area (Å²) in [4.78, 5) is 2.49. The molecule has 1 aliphatic heterocycles. The van der Waals surface area contributed by atoms with E-state index < -0.39 is 0 Å². The van der Waals surface area contributed by atoms with Crippen molar-refractivity contribution in [2.45, 2.75) is 19.3 Å². The van der Waals surface area contributed by atoms with Gasteiger partial charge in [-0.25, -0.2) is 0 Å². The lowest BCUT2D eigenvalue weighted by atomic mass is 9.64. The molecular formula is C33H25N. The lowest BCUT2D eigenvalue weighted by Gasteiger charge is -2.46. The van der Waals surface area contributed by atoms with Crippen LogP contribution in [0.5, 0.6) is 0 Å². The van der Waals surface area contributed by atoms with Gasteiger partial charge in [0.2, 0.25) is 0 Å². The molecule has 1 heterocycles. The van der Waals surface area contributed by atoms with Crippen LogP contribution in [0.15, 0.2) is 115 Å². The van der Waals surface area contributed by atoms with Crippen molar-refractivity contribution < 1.29 is 0 Å². The van der Waals surface area contributed by atoms with Crippen LogP contribution < -0.4 is 4.90 Å². The molecule has 0 unspecified atom stereocenters. The fourth-order valence-electron chi connectivity index (χ4n) is 6.39. The highest BCUT2D eigenvalue weighted by atomic mass is 15.2. The third kappa shape index (κ3) is 2.29. The summed E-state index contributed by atoms with van der Waals surface area (Å²) < 4.78 is 0. The monoisotopic (exact) mass is 435 g/mol. The first-order valence-electron chi connectivity index (χ1n) is 12.0. The van der Waals surface area contributed by atoms with Crippen LogP contribution in [-0.4, -0.2) is 0 Å². The Kier molecular flexibility index (Phi) is 3.96. The third-order valence-corrected chi connectivity index (χ3v) is 7.72. The maximum atomic E-state index is 2.49. The van der Waals surface area contributed by atoms with E-state index in [2.05, 4.69) is 134 Å². The average molecular weight is 436 g/mol. The van der Waals surface area contributed by atoms with Gasteiger partial charge in [-0.3, -0.25) is 0 Å². The molecule has 1 spiro atoms. The minimum Gasteiger partial charge on any atom is -0.309 e. The van der Waals surface area contributed by atoms with Crippen LogP contribution in [0, 0.1) is 13.8 Å². The second kappa shape index (κ2) is 6.95. The Morgan fingerprint density at radius 1 is 0.441 bits per heavy atom. The van der Waals surface area contributed by atoms with Crippen molar-refractivity contribution in [1.82, 2.24) is 0 Å². The molecule has 1 heteroatoms. The zero-order valence-corrected chi connectivity index (χ0v) is 19.4. The van der Waals surface area contributed by atoms with Crippen LogP contribution in [0.25, 0.3) is 11.1 Å². The van der Waals surface area contributed by atoms with Gasteiger partial charge < -0.3 is 4.90 Å². The predicted molar refractivity (Wildman–Crippen MR) is 141 cm³/mol. The Balaban J connectivity index is 1.69. The summed E-state index contributed by atoms with van der Waals surface area (Å²) in [5.74, 6) is 0. The highest BCUT2D eigenvalue weighted by Gasteiger charge is 2.51. The maximum Gasteiger partial charge on any atom is 0.0754 e. The summed E-state index contributed by atoms with van der Waals surface area (Å²) in [6.07, 6.45) is 0. The Morgan fingerprint density at radius 2 is 0.941 bits per heavy atom. The van der Waals surface area contributed by atoms with Gasteiger partial charge in [-0.15, -0.1) is 0 Å². The molecule has 5 aromatic rings. The van der Waals surface area contributed by atoms with E-state index in [0.717, 1.165) is 0 Å². The number of fused-ring (bicyclic) bond motifs is 9. The molecule has 0 aromatic heterocycles. The Hall–Kier alpha value is -4.10. The van der Waals surface area contributed by atoms with Crippen molar-refractivity contribution in [3.8, 4) is 11.1 Å². The van der Waals surface area contributed by atoms with Crippen LogP contribution in [0.3, 0.4) is 0 Å². The van der Waals surface area contributed by atoms with E-state index in [0.29, 0.717) is 0 Å². The number of hydrogen-bond donors (Lipinski definition) is 0. The molecular weight excluding hydrogens is 410 g/mol. The molecule has 5 aromatic carbocycles. The van der Waals surface area contributed by atoms with Crippen LogP contribution in [0.4, 0.5) is 17.1 Å². The van der Waals surface area contributed by atoms with E-state index in [1.807, 2.05) is 0 Å². The van der Waals surface area contributed by atoms with E-state index in [-0.39, 0.29) is 5.41 Å². The number of benzene rings is 5. The maximum absolute atomic E-state index is 2.49. The number of para-hydroxylation sites is 3. The lowest BCUT2D eigenvalue weighted by Crippen LogP contribution is -2.36. The molecule has 34 heavy (non-hydrogen) atoms. The van der Waals surface area contributed by atoms with Gasteiger partial charge in [-0.05, 0) is 70.5 Å². The summed E-state index contributed by atoms with van der Waals surface area (Å²) >= 11 is 0. The molecule has 0 atom stereocenters. The van der Waals surface area contributed by atoms with Crippen molar-refractivity contribution >= 4 is 17.1 Å². The second-order valence-electron chi connectivity index (χ2n) is 9.45. The van der Waals surface area contributed by atoms with Crippen LogP contribution in [0.1, 0.15) is 33.4 Å². The fourth-order valence-corrected chi connectivity index (χ4v) is 6.39. The highest BCUT2D eigenvalue weighted by Crippen LogP contribution is 2.63. The van der Waals surface area contributed by atoms with Gasteiger partial charge in [0.25, 0.3) is 0 Å². The quantitative estimate of drug-likeness (QED) is 0.250. The number of aryl methyl sites for hydroxylation is 2. The number of hydrogen-bond acceptors (Lipinski definition) is 1. The molecule has 0 saturated heterocycles. The van der Waals surface area contributed by atoms with Crippen molar-refractivity contribution in [3.05, 3.63) is 149 Å². The van der Waals surface area contributed by atoms with E-state index >= 15 is 0 Å². The minimum absolute atomic E-state index is 0.343. The van der Waals surface area contributed by atoms with Gasteiger partial charge in [0, 0.05) is 5.69 Å². The zero-order valence-electron chi connectivity index (χ0n) is 19.4. The van der Waals surface area contributed by atoms with Gasteiger partial charge in [-0.1, -0.05) is 103 Å². The predicted octanol–water partition coefficient (Wildman–Crippen LogP) is 8.45. The summed E-state index contributed by atoms with van der Waals surface area (Å²) in [7, 11) is 0. The van der Waals surface area contributed by atoms with Gasteiger partial charge >= 0.3 is 0 Å². The zero-order chi connectivity index (χ0) is 22.9. The molecule has 0 bridgehead atoms. The molecule has 2 aliphatic rings. The largest absolute Gasteiger partial charge is 0.309 e. The SMILES string of the molecule is Cc1ccccc1N1c2ccccc2C2(c3ccccc3-c3ccccc32)c2cccc(C)c21. The number of anilines is 3. The van der Waals surface area contributed by atoms with E-state index in [4.69, 9.17) is 0 Å². The Morgan fingerprint density at radius 3 is 1.62 bits per heavy atom. The molecule has 7 rings (SSSR count). The van der Waals surface area contributed by atoms with Crippen LogP contribution in [0.2, 0.25) is 0 Å². The van der Waals surface area contributed by atoms with Crippen molar-refractivity contribution in [2.75, 3.05) is 4.90 Å². The van der Waals surface area contributed by atoms with Gasteiger partial charge in [0.05, 0.1) is 16.8 Å². The van der Waals surface area contributed by atoms with Crippen molar-refractivity contribution in [3.63, 3.8) is 0 Å². The topological polar surface area (TPSA) is 3.24 Å². The molecule has 0 fully saturated rings. The standard InChI is InChI=1S/C33H25N/c1-22-12-3-9-20-30(22)34-31-21-10-8-18-28(31)33(29-19-11-13-23(2)32(29)34)26-16-6-4-14-24(26)25-15-5-7-17-27(25)33/h3-21H,1-2H3. The molecule has 0 radical (unpaired) electrons. The normalized spacial score (nSPS) is 14.4. The number of nitrogens with zero attached hydrogens (tertiary/aromatic N) is 1. The summed E-state index contributed by atoms with van der Waals surface area (Å²) in [6, 6.07) is 42.5. The van der Waals surface area contributed by atoms with Crippen molar-refractivity contribution in [1.29, 1.82) is 0 Å². The fraction of sp³-hybridized carbons (Fsp3) is 0.0909. The smallest absolute Gasteiger partial charge is 0.0754 e. The molecule has 1 nitrogen and oxygen atoms in total. The Labute approximate surface area is 201 Å². The second-order valence-corrected chi connectivity index (χ2v) is 9.45. The van der Waals surface area contributed by atoms with Crippen LogP contribution in [-0.2, 0) is 5.41 Å². The molecule has 0 N–H and O–H groups in total. The van der Waals surface area contributed by atoms with E-state index in [1.165, 1.54) is 61.6 Å². The first-order chi connectivity index (χ1) is 16.7. The molecule has 0 saturated carbocycles. The van der Waals surface area contributed by atoms with E-state index in [9.17, 15) is 0 Å². The minimum atomic E-state index is -0.343. The van der Waals surface area contributed by atoms with E-state index in [1.54, 1.807) is 0 Å². The third-order valence-electron chi connectivity index (χ3n) is 7.72. The first-order valence-corrected chi connectivity index (χ1v) is 12.0. The lowest BCUT2D eigenvalue weighted by molar-refractivity contribution is 0.751. The molecule has 162 valence electrons. The average Bonchev–Trinajstić information content (AvgIpc) is 3.17. The summed E-state index contributed by atoms with van der Waals surface area (Å²) in [5.41, 5.74) is 14.1. The number of rotatable bonds is 1. The van der Waals surface area contributed by atoms with Gasteiger partial charge in [-0.2, -0.15) is 0 Å². The summed E-state index contributed by atoms with van der Waals surface area (Å²) in [5, 5.41) is 0. The van der Waals surface area contributed by atoms with Gasteiger partial charge in [0.15, 0.2) is 0 Å². The van der Waals surface area contributed by atoms with Crippen molar-refractivity contribution in [2.24, 2.45) is 0 Å². The summed E-state index contributed by atoms with van der Waals surface area (Å²) in [6.45, 7) is 4.46. The first kappa shape index (κ1) is 19.4. The molecule has 1 aliphatic carbocycles. The highest BCUT2D eigenvalue weighted by molar-refractivity contribution is 5.96. The Bertz CT molecular complexity index is 1550. The molecule has 0 amide bonds.